The SMILES string of the molecule is CC12CCC(C)(c3nc(-c4cc[c-]c(-c5ccc6ccccc6n5)c4)ncc31)C2(C)C.[Ir]. The van der Waals surface area contributed by atoms with Crippen molar-refractivity contribution in [3.63, 3.8) is 0 Å². The molecular formula is C28H26IrN3-. The van der Waals surface area contributed by atoms with Crippen LogP contribution in [0.5, 0.6) is 0 Å². The number of rotatable bonds is 2. The minimum absolute atomic E-state index is 0. The standard InChI is InChI=1S/C28H26N3.Ir/c1-26(2)27(3)14-15-28(26,4)24-21(27)17-29-25(31-24)20-10-7-9-19(16-20)23-13-12-18-8-5-6-11-22(18)30-23;/h5-8,10-13,16-17H,14-15H2,1-4H3;/q-1;. The van der Waals surface area contributed by atoms with Crippen molar-refractivity contribution in [2.45, 2.75) is 51.4 Å². The Morgan fingerprint density at radius 2 is 1.66 bits per heavy atom. The summed E-state index contributed by atoms with van der Waals surface area (Å²) < 4.78 is 0. The molecule has 2 heterocycles. The van der Waals surface area contributed by atoms with Gasteiger partial charge in [-0.1, -0.05) is 63.6 Å². The van der Waals surface area contributed by atoms with Crippen molar-refractivity contribution in [3.05, 3.63) is 78.1 Å². The van der Waals surface area contributed by atoms with E-state index in [1.807, 2.05) is 24.3 Å². The number of aromatic nitrogens is 3. The number of fused-ring (bicyclic) bond motifs is 6. The molecule has 163 valence electrons. The first kappa shape index (κ1) is 21.4. The molecule has 2 aliphatic carbocycles. The van der Waals surface area contributed by atoms with E-state index >= 15 is 0 Å². The Balaban J connectivity index is 0.00000216. The molecule has 0 spiro atoms. The number of pyridine rings is 1. The summed E-state index contributed by atoms with van der Waals surface area (Å²) in [5.41, 5.74) is 6.91. The minimum Gasteiger partial charge on any atom is -0.296 e. The third-order valence-corrected chi connectivity index (χ3v) is 8.72. The summed E-state index contributed by atoms with van der Waals surface area (Å²) in [6.45, 7) is 9.60. The second kappa shape index (κ2) is 7.04. The van der Waals surface area contributed by atoms with Gasteiger partial charge in [-0.25, -0.2) is 9.97 Å². The van der Waals surface area contributed by atoms with Crippen molar-refractivity contribution >= 4 is 10.9 Å². The molecule has 1 fully saturated rings. The van der Waals surface area contributed by atoms with Crippen LogP contribution in [0.25, 0.3) is 33.5 Å². The van der Waals surface area contributed by atoms with Gasteiger partial charge < -0.3 is 0 Å². The maximum absolute atomic E-state index is 5.16. The van der Waals surface area contributed by atoms with Crippen LogP contribution in [0.15, 0.2) is 60.8 Å². The molecular weight excluding hydrogens is 571 g/mol. The molecule has 0 saturated heterocycles. The van der Waals surface area contributed by atoms with Gasteiger partial charge in [0.2, 0.25) is 0 Å². The largest absolute Gasteiger partial charge is 0.296 e. The van der Waals surface area contributed by atoms with Crippen LogP contribution >= 0.6 is 0 Å². The van der Waals surface area contributed by atoms with Gasteiger partial charge in [-0.3, -0.25) is 4.98 Å². The van der Waals surface area contributed by atoms with Gasteiger partial charge in [0.15, 0.2) is 0 Å². The number of hydrogen-bond acceptors (Lipinski definition) is 3. The fraction of sp³-hybridized carbons (Fsp3) is 0.321. The van der Waals surface area contributed by atoms with Crippen LogP contribution in [-0.4, -0.2) is 15.0 Å². The molecule has 2 atom stereocenters. The van der Waals surface area contributed by atoms with E-state index < -0.39 is 0 Å². The number of hydrogen-bond donors (Lipinski definition) is 0. The first-order chi connectivity index (χ1) is 14.8. The van der Waals surface area contributed by atoms with Gasteiger partial charge in [-0.15, -0.1) is 29.8 Å². The van der Waals surface area contributed by atoms with Crippen LogP contribution in [0, 0.1) is 11.5 Å². The summed E-state index contributed by atoms with van der Waals surface area (Å²) >= 11 is 0. The van der Waals surface area contributed by atoms with Crippen LogP contribution in [0.2, 0.25) is 0 Å². The Kier molecular flexibility index (Phi) is 4.71. The average Bonchev–Trinajstić information content (AvgIpc) is 3.06. The summed E-state index contributed by atoms with van der Waals surface area (Å²) in [6, 6.07) is 21.8. The molecule has 32 heavy (non-hydrogen) atoms. The summed E-state index contributed by atoms with van der Waals surface area (Å²) in [5, 5.41) is 1.14. The molecule has 2 bridgehead atoms. The molecule has 0 N–H and O–H groups in total. The van der Waals surface area contributed by atoms with Gasteiger partial charge in [0, 0.05) is 37.1 Å². The predicted octanol–water partition coefficient (Wildman–Crippen LogP) is 6.51. The number of para-hydroxylation sites is 1. The van der Waals surface area contributed by atoms with Gasteiger partial charge in [0.05, 0.1) is 11.2 Å². The number of nitrogens with zero attached hydrogens (tertiary/aromatic N) is 3. The van der Waals surface area contributed by atoms with E-state index in [2.05, 4.69) is 70.3 Å². The second-order valence-corrected chi connectivity index (χ2v) is 10.1. The topological polar surface area (TPSA) is 38.7 Å². The number of benzene rings is 2. The van der Waals surface area contributed by atoms with Crippen LogP contribution in [0.3, 0.4) is 0 Å². The van der Waals surface area contributed by atoms with Crippen LogP contribution in [-0.2, 0) is 30.9 Å². The van der Waals surface area contributed by atoms with Gasteiger partial charge in [0.25, 0.3) is 0 Å². The van der Waals surface area contributed by atoms with Crippen LogP contribution in [0.1, 0.15) is 51.8 Å². The van der Waals surface area contributed by atoms with Gasteiger partial charge in [0.1, 0.15) is 5.82 Å². The van der Waals surface area contributed by atoms with E-state index in [4.69, 9.17) is 15.0 Å². The fourth-order valence-electron chi connectivity index (χ4n) is 5.93. The summed E-state index contributed by atoms with van der Waals surface area (Å²) in [6.07, 6.45) is 4.49. The van der Waals surface area contributed by atoms with E-state index in [0.717, 1.165) is 33.5 Å². The van der Waals surface area contributed by atoms with Crippen LogP contribution < -0.4 is 0 Å². The zero-order valence-corrected chi connectivity index (χ0v) is 21.3. The molecule has 2 aromatic carbocycles. The fourth-order valence-corrected chi connectivity index (χ4v) is 5.93. The predicted molar refractivity (Wildman–Crippen MR) is 125 cm³/mol. The van der Waals surface area contributed by atoms with Gasteiger partial charge in [-0.2, -0.15) is 0 Å². The molecule has 0 aliphatic heterocycles. The van der Waals surface area contributed by atoms with E-state index in [9.17, 15) is 0 Å². The minimum atomic E-state index is 0. The molecule has 2 aliphatic rings. The monoisotopic (exact) mass is 597 g/mol. The Labute approximate surface area is 203 Å². The van der Waals surface area contributed by atoms with Gasteiger partial charge in [-0.05, 0) is 41.0 Å². The van der Waals surface area contributed by atoms with E-state index in [-0.39, 0.29) is 36.4 Å². The Morgan fingerprint density at radius 1 is 0.875 bits per heavy atom. The second-order valence-electron chi connectivity index (χ2n) is 10.1. The Hall–Kier alpha value is -2.42. The first-order valence-electron chi connectivity index (χ1n) is 11.1. The first-order valence-corrected chi connectivity index (χ1v) is 11.1. The molecule has 1 saturated carbocycles. The third kappa shape index (κ3) is 2.66. The molecule has 4 aromatic rings. The smallest absolute Gasteiger partial charge is 0.141 e. The maximum atomic E-state index is 5.16. The van der Waals surface area contributed by atoms with Crippen molar-refractivity contribution in [1.29, 1.82) is 0 Å². The molecule has 1 radical (unpaired) electrons. The van der Waals surface area contributed by atoms with Crippen LogP contribution in [0.4, 0.5) is 0 Å². The third-order valence-electron chi connectivity index (χ3n) is 8.72. The normalized spacial score (nSPS) is 24.9. The molecule has 6 rings (SSSR count). The molecule has 2 aromatic heterocycles. The summed E-state index contributed by atoms with van der Waals surface area (Å²) in [5.74, 6) is 0.794. The van der Waals surface area contributed by atoms with E-state index in [0.29, 0.717) is 0 Å². The van der Waals surface area contributed by atoms with Crippen molar-refractivity contribution in [3.8, 4) is 22.6 Å². The molecule has 3 nitrogen and oxygen atoms in total. The molecule has 2 unspecified atom stereocenters. The van der Waals surface area contributed by atoms with Crippen molar-refractivity contribution in [2.24, 2.45) is 5.41 Å². The van der Waals surface area contributed by atoms with Crippen molar-refractivity contribution < 1.29 is 20.1 Å². The van der Waals surface area contributed by atoms with E-state index in [1.54, 1.807) is 0 Å². The quantitative estimate of drug-likeness (QED) is 0.248. The van der Waals surface area contributed by atoms with Crippen molar-refractivity contribution in [1.82, 2.24) is 15.0 Å². The Bertz CT molecular complexity index is 1360. The zero-order chi connectivity index (χ0) is 21.4. The van der Waals surface area contributed by atoms with E-state index in [1.165, 1.54) is 24.1 Å². The van der Waals surface area contributed by atoms with Crippen molar-refractivity contribution in [2.75, 3.05) is 0 Å². The Morgan fingerprint density at radius 3 is 2.50 bits per heavy atom. The van der Waals surface area contributed by atoms with Gasteiger partial charge >= 0.3 is 0 Å². The molecule has 4 heteroatoms. The maximum Gasteiger partial charge on any atom is 0.141 e. The molecule has 0 amide bonds. The average molecular weight is 597 g/mol. The summed E-state index contributed by atoms with van der Waals surface area (Å²) in [7, 11) is 0. The zero-order valence-electron chi connectivity index (χ0n) is 18.9. The summed E-state index contributed by atoms with van der Waals surface area (Å²) in [4.78, 5) is 14.8.